The molecule has 2 saturated heterocycles. The lowest BCUT2D eigenvalue weighted by Crippen LogP contribution is -2.36. The molecule has 11 heteroatoms. The molecule has 5 rings (SSSR count). The molecular formula is C29H25BrFN3O5S. The molecule has 0 atom stereocenters. The van der Waals surface area contributed by atoms with Crippen molar-refractivity contribution < 1.29 is 28.2 Å². The number of rotatable bonds is 8. The van der Waals surface area contributed by atoms with Gasteiger partial charge in [-0.3, -0.25) is 19.3 Å². The first kappa shape index (κ1) is 27.9. The van der Waals surface area contributed by atoms with Crippen molar-refractivity contribution in [3.8, 4) is 5.75 Å². The van der Waals surface area contributed by atoms with E-state index in [4.69, 9.17) is 9.47 Å². The number of carbonyl (C=O) groups excluding carboxylic acids is 3. The lowest BCUT2D eigenvalue weighted by atomic mass is 10.2. The first-order valence-corrected chi connectivity index (χ1v) is 14.1. The van der Waals surface area contributed by atoms with E-state index in [2.05, 4.69) is 26.1 Å². The van der Waals surface area contributed by atoms with E-state index in [1.807, 2.05) is 12.1 Å². The molecule has 3 aromatic rings. The van der Waals surface area contributed by atoms with Crippen LogP contribution in [0.15, 0.2) is 76.1 Å². The summed E-state index contributed by atoms with van der Waals surface area (Å²) in [4.78, 5) is 41.4. The molecule has 2 aliphatic heterocycles. The van der Waals surface area contributed by atoms with E-state index >= 15 is 0 Å². The molecule has 3 aromatic carbocycles. The second-order valence-electron chi connectivity index (χ2n) is 9.07. The minimum atomic E-state index is -0.527. The fraction of sp³-hybridized carbons (Fsp3) is 0.207. The van der Waals surface area contributed by atoms with Gasteiger partial charge in [0, 0.05) is 24.5 Å². The number of imide groups is 1. The Balaban J connectivity index is 1.17. The van der Waals surface area contributed by atoms with Gasteiger partial charge in [-0.25, -0.2) is 4.39 Å². The normalized spacial score (nSPS) is 16.5. The van der Waals surface area contributed by atoms with Gasteiger partial charge in [-0.1, -0.05) is 18.2 Å². The van der Waals surface area contributed by atoms with E-state index in [1.165, 1.54) is 12.1 Å². The van der Waals surface area contributed by atoms with Crippen LogP contribution < -0.4 is 15.0 Å². The minimum absolute atomic E-state index is 0.222. The fourth-order valence-corrected chi connectivity index (χ4v) is 5.52. The van der Waals surface area contributed by atoms with Gasteiger partial charge in [-0.15, -0.1) is 0 Å². The maximum absolute atomic E-state index is 13.1. The van der Waals surface area contributed by atoms with Gasteiger partial charge in [-0.2, -0.15) is 0 Å². The molecule has 40 heavy (non-hydrogen) atoms. The van der Waals surface area contributed by atoms with Crippen molar-refractivity contribution in [2.24, 2.45) is 0 Å². The number of hydrogen-bond donors (Lipinski definition) is 1. The Morgan fingerprint density at radius 2 is 1.77 bits per heavy atom. The smallest absolute Gasteiger partial charge is 0.294 e. The van der Waals surface area contributed by atoms with E-state index in [1.54, 1.807) is 48.5 Å². The lowest BCUT2D eigenvalue weighted by Gasteiger charge is -2.28. The third-order valence-electron chi connectivity index (χ3n) is 6.26. The Morgan fingerprint density at radius 1 is 1.05 bits per heavy atom. The number of carbonyl (C=O) groups is 3. The monoisotopic (exact) mass is 625 g/mol. The molecule has 2 heterocycles. The molecule has 8 nitrogen and oxygen atoms in total. The number of ether oxygens (including phenoxy) is 2. The summed E-state index contributed by atoms with van der Waals surface area (Å²) in [7, 11) is 0. The number of morpholine rings is 1. The standard InChI is InChI=1S/C29H25BrFN3O5S/c30-24-15-20(3-10-25(24)39-18-19-1-4-21(31)5-2-19)16-26-28(36)34(29(37)40-26)17-27(35)32-22-6-8-23(9-7-22)33-11-13-38-14-12-33/h1-10,15-16H,11-14,17-18H2,(H,32,35)/b26-16-. The van der Waals surface area contributed by atoms with Gasteiger partial charge < -0.3 is 19.7 Å². The van der Waals surface area contributed by atoms with Crippen molar-refractivity contribution >= 4 is 62.2 Å². The topological polar surface area (TPSA) is 88.2 Å². The highest BCUT2D eigenvalue weighted by Gasteiger charge is 2.36. The van der Waals surface area contributed by atoms with Crippen LogP contribution in [0.5, 0.6) is 5.75 Å². The van der Waals surface area contributed by atoms with Crippen molar-refractivity contribution in [3.63, 3.8) is 0 Å². The highest BCUT2D eigenvalue weighted by atomic mass is 79.9. The quantitative estimate of drug-likeness (QED) is 0.322. The van der Waals surface area contributed by atoms with Crippen LogP contribution in [0.1, 0.15) is 11.1 Å². The molecule has 0 unspecified atom stereocenters. The van der Waals surface area contributed by atoms with Gasteiger partial charge >= 0.3 is 0 Å². The number of amides is 3. The average Bonchev–Trinajstić information content (AvgIpc) is 3.21. The molecule has 0 aliphatic carbocycles. The van der Waals surface area contributed by atoms with Gasteiger partial charge in [-0.05, 0) is 93.4 Å². The van der Waals surface area contributed by atoms with Crippen LogP contribution in [0.4, 0.5) is 20.6 Å². The molecule has 0 radical (unpaired) electrons. The molecule has 0 aromatic heterocycles. The van der Waals surface area contributed by atoms with Gasteiger partial charge in [0.05, 0.1) is 22.6 Å². The van der Waals surface area contributed by atoms with Gasteiger partial charge in [0.2, 0.25) is 5.91 Å². The lowest BCUT2D eigenvalue weighted by molar-refractivity contribution is -0.127. The number of nitrogens with one attached hydrogen (secondary N) is 1. The third-order valence-corrected chi connectivity index (χ3v) is 7.79. The molecule has 2 fully saturated rings. The zero-order chi connectivity index (χ0) is 28.1. The van der Waals surface area contributed by atoms with Gasteiger partial charge in [0.1, 0.15) is 24.7 Å². The van der Waals surface area contributed by atoms with Gasteiger partial charge in [0.25, 0.3) is 11.1 Å². The largest absolute Gasteiger partial charge is 0.488 e. The first-order chi connectivity index (χ1) is 19.4. The highest BCUT2D eigenvalue weighted by molar-refractivity contribution is 9.10. The summed E-state index contributed by atoms with van der Waals surface area (Å²) in [5.74, 6) is -0.730. The zero-order valence-electron chi connectivity index (χ0n) is 21.3. The molecule has 0 saturated carbocycles. The van der Waals surface area contributed by atoms with E-state index in [-0.39, 0.29) is 23.9 Å². The average molecular weight is 627 g/mol. The van der Waals surface area contributed by atoms with Gasteiger partial charge in [0.15, 0.2) is 0 Å². The summed E-state index contributed by atoms with van der Waals surface area (Å²) in [5, 5.41) is 2.24. The summed E-state index contributed by atoms with van der Waals surface area (Å²) < 4.78 is 24.9. The van der Waals surface area contributed by atoms with E-state index in [0.717, 1.165) is 41.0 Å². The van der Waals surface area contributed by atoms with Crippen LogP contribution in [-0.2, 0) is 20.9 Å². The van der Waals surface area contributed by atoms with Crippen molar-refractivity contribution in [1.82, 2.24) is 4.90 Å². The van der Waals surface area contributed by atoms with Crippen molar-refractivity contribution in [1.29, 1.82) is 0 Å². The van der Waals surface area contributed by atoms with E-state index in [9.17, 15) is 18.8 Å². The Kier molecular flexibility index (Phi) is 8.83. The number of nitrogens with zero attached hydrogens (tertiary/aromatic N) is 2. The first-order valence-electron chi connectivity index (χ1n) is 12.5. The molecule has 1 N–H and O–H groups in total. The third kappa shape index (κ3) is 6.90. The van der Waals surface area contributed by atoms with E-state index in [0.29, 0.717) is 34.7 Å². The molecule has 0 spiro atoms. The van der Waals surface area contributed by atoms with Crippen LogP contribution in [-0.4, -0.2) is 54.8 Å². The highest BCUT2D eigenvalue weighted by Crippen LogP contribution is 2.34. The van der Waals surface area contributed by atoms with Crippen LogP contribution in [0.2, 0.25) is 0 Å². The van der Waals surface area contributed by atoms with Crippen LogP contribution >= 0.6 is 27.7 Å². The number of benzene rings is 3. The predicted octanol–water partition coefficient (Wildman–Crippen LogP) is 5.68. The maximum Gasteiger partial charge on any atom is 0.294 e. The summed E-state index contributed by atoms with van der Waals surface area (Å²) in [6.45, 7) is 2.86. The number of halogens is 2. The maximum atomic E-state index is 13.1. The molecule has 206 valence electrons. The molecule has 0 bridgehead atoms. The number of thioether (sulfide) groups is 1. The SMILES string of the molecule is O=C(CN1C(=O)S/C(=C\c2ccc(OCc3ccc(F)cc3)c(Br)c2)C1=O)Nc1ccc(N2CCOCC2)cc1. The summed E-state index contributed by atoms with van der Waals surface area (Å²) >= 11 is 4.25. The Hall–Kier alpha value is -3.67. The summed E-state index contributed by atoms with van der Waals surface area (Å²) in [6.07, 6.45) is 1.60. The number of hydrogen-bond acceptors (Lipinski definition) is 7. The molecular weight excluding hydrogens is 601 g/mol. The van der Waals surface area contributed by atoms with Crippen molar-refractivity contribution in [2.75, 3.05) is 43.1 Å². The van der Waals surface area contributed by atoms with Crippen molar-refractivity contribution in [2.45, 2.75) is 6.61 Å². The zero-order valence-corrected chi connectivity index (χ0v) is 23.7. The second-order valence-corrected chi connectivity index (χ2v) is 10.9. The molecule has 2 aliphatic rings. The molecule has 3 amide bonds. The number of anilines is 2. The Morgan fingerprint density at radius 3 is 2.48 bits per heavy atom. The second kappa shape index (κ2) is 12.7. The predicted molar refractivity (Wildman–Crippen MR) is 156 cm³/mol. The van der Waals surface area contributed by atoms with Crippen LogP contribution in [0.25, 0.3) is 6.08 Å². The minimum Gasteiger partial charge on any atom is -0.488 e. The van der Waals surface area contributed by atoms with E-state index < -0.39 is 17.1 Å². The summed E-state index contributed by atoms with van der Waals surface area (Å²) in [5.41, 5.74) is 3.11. The van der Waals surface area contributed by atoms with Crippen LogP contribution in [0.3, 0.4) is 0 Å². The Labute approximate surface area is 243 Å². The fourth-order valence-electron chi connectivity index (χ4n) is 4.17. The summed E-state index contributed by atoms with van der Waals surface area (Å²) in [6, 6.07) is 18.7. The Bertz CT molecular complexity index is 1440. The van der Waals surface area contributed by atoms with Crippen molar-refractivity contribution in [3.05, 3.63) is 93.1 Å². The van der Waals surface area contributed by atoms with Crippen LogP contribution in [0, 0.1) is 5.82 Å².